The Morgan fingerprint density at radius 2 is 1.65 bits per heavy atom. The van der Waals surface area contributed by atoms with Gasteiger partial charge in [-0.15, -0.1) is 0 Å². The van der Waals surface area contributed by atoms with E-state index in [0.717, 1.165) is 18.4 Å². The second-order valence-corrected chi connectivity index (χ2v) is 5.34. The number of hydrogen-bond acceptors (Lipinski definition) is 2. The lowest BCUT2D eigenvalue weighted by Crippen LogP contribution is -2.06. The standard InChI is InChI=1S/C21H22O2/c1-18(10-8-9-13-19-11-4-2-5-12-19)16-17-23-21(22)20-14-6-3-7-15-20/h2-8,10-12,14-15H,1,9,13,16-17H2/b10-8+. The molecule has 0 unspecified atom stereocenters. The molecule has 23 heavy (non-hydrogen) atoms. The summed E-state index contributed by atoms with van der Waals surface area (Å²) in [5.74, 6) is -0.286. The highest BCUT2D eigenvalue weighted by Gasteiger charge is 2.05. The van der Waals surface area contributed by atoms with Crippen LogP contribution in [0.15, 0.2) is 85.0 Å². The van der Waals surface area contributed by atoms with Gasteiger partial charge in [-0.3, -0.25) is 0 Å². The molecule has 0 aliphatic rings. The molecule has 118 valence electrons. The van der Waals surface area contributed by atoms with Crippen LogP contribution in [-0.2, 0) is 11.2 Å². The zero-order valence-corrected chi connectivity index (χ0v) is 13.3. The van der Waals surface area contributed by atoms with Gasteiger partial charge < -0.3 is 4.74 Å². The van der Waals surface area contributed by atoms with Crippen molar-refractivity contribution in [3.8, 4) is 0 Å². The van der Waals surface area contributed by atoms with E-state index >= 15 is 0 Å². The third-order valence-corrected chi connectivity index (χ3v) is 3.46. The Hall–Kier alpha value is -2.61. The third-order valence-electron chi connectivity index (χ3n) is 3.46. The first-order chi connectivity index (χ1) is 11.3. The summed E-state index contributed by atoms with van der Waals surface area (Å²) >= 11 is 0. The maximum atomic E-state index is 11.8. The minimum atomic E-state index is -0.286. The fraction of sp³-hybridized carbons (Fsp3) is 0.190. The Labute approximate surface area is 138 Å². The Morgan fingerprint density at radius 1 is 1.00 bits per heavy atom. The minimum absolute atomic E-state index is 0.286. The molecular formula is C21H22O2. The van der Waals surface area contributed by atoms with Crippen LogP contribution < -0.4 is 0 Å². The first-order valence-corrected chi connectivity index (χ1v) is 7.86. The van der Waals surface area contributed by atoms with Crippen LogP contribution in [0.4, 0.5) is 0 Å². The first kappa shape index (κ1) is 16.8. The smallest absolute Gasteiger partial charge is 0.338 e. The van der Waals surface area contributed by atoms with Crippen molar-refractivity contribution in [2.75, 3.05) is 6.61 Å². The maximum absolute atomic E-state index is 11.8. The molecule has 0 radical (unpaired) electrons. The summed E-state index contributed by atoms with van der Waals surface area (Å²) in [5.41, 5.74) is 2.88. The van der Waals surface area contributed by atoms with Gasteiger partial charge in [-0.2, -0.15) is 0 Å². The molecule has 2 nitrogen and oxygen atoms in total. The molecule has 2 rings (SSSR count). The second kappa shape index (κ2) is 9.42. The fourth-order valence-corrected chi connectivity index (χ4v) is 2.16. The van der Waals surface area contributed by atoms with Crippen LogP contribution in [0.5, 0.6) is 0 Å². The summed E-state index contributed by atoms with van der Waals surface area (Å²) in [6.07, 6.45) is 6.79. The van der Waals surface area contributed by atoms with Gasteiger partial charge in [-0.05, 0) is 30.5 Å². The highest BCUT2D eigenvalue weighted by Crippen LogP contribution is 2.07. The van der Waals surface area contributed by atoms with E-state index in [4.69, 9.17) is 4.74 Å². The van der Waals surface area contributed by atoms with Gasteiger partial charge in [0.05, 0.1) is 12.2 Å². The van der Waals surface area contributed by atoms with E-state index in [1.165, 1.54) is 5.56 Å². The SMILES string of the molecule is C=C(/C=C/CCc1ccccc1)CCOC(=O)c1ccccc1. The van der Waals surface area contributed by atoms with Crippen molar-refractivity contribution in [2.45, 2.75) is 19.3 Å². The van der Waals surface area contributed by atoms with Crippen LogP contribution in [0.1, 0.15) is 28.8 Å². The lowest BCUT2D eigenvalue weighted by molar-refractivity contribution is 0.0510. The highest BCUT2D eigenvalue weighted by molar-refractivity contribution is 5.89. The molecule has 0 amide bonds. The average Bonchev–Trinajstić information content (AvgIpc) is 2.60. The number of carbonyl (C=O) groups is 1. The van der Waals surface area contributed by atoms with Crippen LogP contribution in [0.25, 0.3) is 0 Å². The fourth-order valence-electron chi connectivity index (χ4n) is 2.16. The van der Waals surface area contributed by atoms with Crippen molar-refractivity contribution in [3.63, 3.8) is 0 Å². The number of allylic oxidation sites excluding steroid dienone is 2. The van der Waals surface area contributed by atoms with Crippen molar-refractivity contribution in [3.05, 3.63) is 96.1 Å². The molecular weight excluding hydrogens is 284 g/mol. The van der Waals surface area contributed by atoms with E-state index in [0.29, 0.717) is 18.6 Å². The van der Waals surface area contributed by atoms with Gasteiger partial charge in [-0.25, -0.2) is 4.79 Å². The number of aryl methyl sites for hydroxylation is 1. The topological polar surface area (TPSA) is 26.3 Å². The van der Waals surface area contributed by atoms with Crippen molar-refractivity contribution in [2.24, 2.45) is 0 Å². The molecule has 2 aromatic rings. The lowest BCUT2D eigenvalue weighted by Gasteiger charge is -2.04. The van der Waals surface area contributed by atoms with Gasteiger partial charge >= 0.3 is 5.97 Å². The summed E-state index contributed by atoms with van der Waals surface area (Å²) < 4.78 is 5.24. The van der Waals surface area contributed by atoms with Crippen LogP contribution in [0, 0.1) is 0 Å². The molecule has 0 aliphatic carbocycles. The molecule has 0 saturated carbocycles. The Balaban J connectivity index is 1.63. The van der Waals surface area contributed by atoms with Gasteiger partial charge in [0.1, 0.15) is 0 Å². The zero-order chi connectivity index (χ0) is 16.3. The van der Waals surface area contributed by atoms with Crippen LogP contribution in [0.2, 0.25) is 0 Å². The molecule has 0 aliphatic heterocycles. The zero-order valence-electron chi connectivity index (χ0n) is 13.3. The molecule has 0 saturated heterocycles. The predicted octanol–water partition coefficient (Wildman–Crippen LogP) is 4.98. The van der Waals surface area contributed by atoms with E-state index < -0.39 is 0 Å². The summed E-state index contributed by atoms with van der Waals surface area (Å²) in [6, 6.07) is 19.4. The van der Waals surface area contributed by atoms with Crippen molar-refractivity contribution < 1.29 is 9.53 Å². The molecule has 0 spiro atoms. The molecule has 2 aromatic carbocycles. The number of esters is 1. The molecule has 2 heteroatoms. The quantitative estimate of drug-likeness (QED) is 0.508. The number of hydrogen-bond donors (Lipinski definition) is 0. The molecule has 0 bridgehead atoms. The van der Waals surface area contributed by atoms with E-state index in [9.17, 15) is 4.79 Å². The van der Waals surface area contributed by atoms with Crippen molar-refractivity contribution in [1.82, 2.24) is 0 Å². The lowest BCUT2D eigenvalue weighted by atomic mass is 10.1. The van der Waals surface area contributed by atoms with Crippen LogP contribution in [0.3, 0.4) is 0 Å². The average molecular weight is 306 g/mol. The van der Waals surface area contributed by atoms with Gasteiger partial charge in [-0.1, -0.05) is 72.8 Å². The van der Waals surface area contributed by atoms with Crippen molar-refractivity contribution in [1.29, 1.82) is 0 Å². The summed E-state index contributed by atoms with van der Waals surface area (Å²) in [4.78, 5) is 11.8. The predicted molar refractivity (Wildman–Crippen MR) is 94.4 cm³/mol. The van der Waals surface area contributed by atoms with E-state index in [1.807, 2.05) is 30.3 Å². The molecule has 0 heterocycles. The molecule has 0 N–H and O–H groups in total. The Kier molecular flexibility index (Phi) is 6.86. The number of carbonyl (C=O) groups excluding carboxylic acids is 1. The molecule has 0 aromatic heterocycles. The van der Waals surface area contributed by atoms with Crippen LogP contribution >= 0.6 is 0 Å². The summed E-state index contributed by atoms with van der Waals surface area (Å²) in [6.45, 7) is 4.35. The largest absolute Gasteiger partial charge is 0.462 e. The van der Waals surface area contributed by atoms with E-state index in [1.54, 1.807) is 12.1 Å². The normalized spacial score (nSPS) is 10.6. The van der Waals surface area contributed by atoms with Crippen molar-refractivity contribution >= 4 is 5.97 Å². The summed E-state index contributed by atoms with van der Waals surface area (Å²) in [5, 5.41) is 0. The highest BCUT2D eigenvalue weighted by atomic mass is 16.5. The number of benzene rings is 2. The first-order valence-electron chi connectivity index (χ1n) is 7.86. The van der Waals surface area contributed by atoms with Gasteiger partial charge in [0, 0.05) is 6.42 Å². The van der Waals surface area contributed by atoms with Gasteiger partial charge in [0.15, 0.2) is 0 Å². The number of rotatable bonds is 8. The van der Waals surface area contributed by atoms with Gasteiger partial charge in [0.2, 0.25) is 0 Å². The van der Waals surface area contributed by atoms with Gasteiger partial charge in [0.25, 0.3) is 0 Å². The Morgan fingerprint density at radius 3 is 2.35 bits per heavy atom. The number of ether oxygens (including phenoxy) is 1. The van der Waals surface area contributed by atoms with E-state index in [-0.39, 0.29) is 5.97 Å². The minimum Gasteiger partial charge on any atom is -0.462 e. The maximum Gasteiger partial charge on any atom is 0.338 e. The van der Waals surface area contributed by atoms with E-state index in [2.05, 4.69) is 36.9 Å². The van der Waals surface area contributed by atoms with Crippen LogP contribution in [-0.4, -0.2) is 12.6 Å². The molecule has 0 atom stereocenters. The monoisotopic (exact) mass is 306 g/mol. The summed E-state index contributed by atoms with van der Waals surface area (Å²) in [7, 11) is 0. The molecule has 0 fully saturated rings. The third kappa shape index (κ3) is 6.35. The second-order valence-electron chi connectivity index (χ2n) is 5.34. The Bertz CT molecular complexity index is 642.